The summed E-state index contributed by atoms with van der Waals surface area (Å²) in [6.07, 6.45) is -1.01. The van der Waals surface area contributed by atoms with E-state index in [9.17, 15) is 33.9 Å². The Morgan fingerprint density at radius 1 is 0.938 bits per heavy atom. The highest BCUT2D eigenvalue weighted by Crippen LogP contribution is 2.20. The fourth-order valence-corrected chi connectivity index (χ4v) is 3.18. The first-order valence-electron chi connectivity index (χ1n) is 9.92. The van der Waals surface area contributed by atoms with Crippen LogP contribution in [0.15, 0.2) is 0 Å². The van der Waals surface area contributed by atoms with Crippen LogP contribution in [-0.2, 0) is 28.8 Å². The van der Waals surface area contributed by atoms with Crippen molar-refractivity contribution >= 4 is 35.6 Å². The summed E-state index contributed by atoms with van der Waals surface area (Å²) in [7, 11) is 0. The van der Waals surface area contributed by atoms with E-state index in [1.165, 1.54) is 0 Å². The van der Waals surface area contributed by atoms with E-state index in [0.717, 1.165) is 4.90 Å². The zero-order chi connectivity index (χ0) is 24.4. The van der Waals surface area contributed by atoms with Gasteiger partial charge in [-0.15, -0.1) is 0 Å². The third kappa shape index (κ3) is 8.11. The highest BCUT2D eigenvalue weighted by Gasteiger charge is 2.39. The Hall–Kier alpha value is -3.26. The van der Waals surface area contributed by atoms with Crippen molar-refractivity contribution in [3.8, 4) is 0 Å². The number of carbonyl (C=O) groups is 6. The van der Waals surface area contributed by atoms with Crippen LogP contribution >= 0.6 is 0 Å². The molecule has 180 valence electrons. The van der Waals surface area contributed by atoms with Crippen LogP contribution in [0.3, 0.4) is 0 Å². The minimum absolute atomic E-state index is 0.106. The first-order chi connectivity index (χ1) is 15.0. The molecule has 1 aliphatic heterocycles. The summed E-state index contributed by atoms with van der Waals surface area (Å²) in [6, 6.07) is -5.21. The Morgan fingerprint density at radius 2 is 1.50 bits per heavy atom. The zero-order valence-electron chi connectivity index (χ0n) is 17.2. The van der Waals surface area contributed by atoms with E-state index in [1.807, 2.05) is 0 Å². The predicted molar refractivity (Wildman–Crippen MR) is 105 cm³/mol. The number of rotatable bonds is 13. The molecule has 1 rings (SSSR count). The number of carboxylic acid groups (broad SMARTS) is 3. The van der Waals surface area contributed by atoms with Crippen LogP contribution in [0, 0.1) is 0 Å². The van der Waals surface area contributed by atoms with Gasteiger partial charge in [0, 0.05) is 19.4 Å². The van der Waals surface area contributed by atoms with Gasteiger partial charge in [0.25, 0.3) is 0 Å². The maximum Gasteiger partial charge on any atom is 0.326 e. The van der Waals surface area contributed by atoms with Crippen molar-refractivity contribution in [1.82, 2.24) is 15.5 Å². The molecule has 1 saturated heterocycles. The van der Waals surface area contributed by atoms with Crippen LogP contribution in [0.4, 0.5) is 0 Å². The van der Waals surface area contributed by atoms with Gasteiger partial charge in [-0.1, -0.05) is 0 Å². The van der Waals surface area contributed by atoms with Gasteiger partial charge >= 0.3 is 17.9 Å². The van der Waals surface area contributed by atoms with Crippen LogP contribution in [0.2, 0.25) is 0 Å². The minimum Gasteiger partial charge on any atom is -0.481 e. The summed E-state index contributed by atoms with van der Waals surface area (Å²) in [5, 5.41) is 40.4. The molecule has 0 spiro atoms. The first kappa shape index (κ1) is 26.8. The van der Waals surface area contributed by atoms with Crippen molar-refractivity contribution in [2.75, 3.05) is 13.2 Å². The second-order valence-electron chi connectivity index (χ2n) is 7.30. The molecule has 14 heteroatoms. The summed E-state index contributed by atoms with van der Waals surface area (Å²) < 4.78 is 0. The van der Waals surface area contributed by atoms with Crippen LogP contribution in [-0.4, -0.2) is 98.3 Å². The van der Waals surface area contributed by atoms with Crippen molar-refractivity contribution in [3.63, 3.8) is 0 Å². The van der Waals surface area contributed by atoms with Crippen molar-refractivity contribution in [2.24, 2.45) is 5.73 Å². The molecule has 0 radical (unpaired) electrons. The average Bonchev–Trinajstić information content (AvgIpc) is 3.22. The van der Waals surface area contributed by atoms with Gasteiger partial charge in [0.2, 0.25) is 17.7 Å². The van der Waals surface area contributed by atoms with E-state index in [0.29, 0.717) is 6.42 Å². The molecule has 0 bridgehead atoms. The maximum atomic E-state index is 13.0. The molecule has 4 atom stereocenters. The number of aliphatic carboxylic acids is 3. The quantitative estimate of drug-likeness (QED) is 0.147. The number of carboxylic acids is 3. The maximum absolute atomic E-state index is 13.0. The van der Waals surface area contributed by atoms with Gasteiger partial charge < -0.3 is 41.7 Å². The number of nitrogens with two attached hydrogens (primary N) is 1. The highest BCUT2D eigenvalue weighted by atomic mass is 16.4. The van der Waals surface area contributed by atoms with E-state index in [1.54, 1.807) is 0 Å². The molecule has 0 aliphatic carbocycles. The second-order valence-corrected chi connectivity index (χ2v) is 7.30. The van der Waals surface area contributed by atoms with E-state index in [4.69, 9.17) is 21.1 Å². The number of nitrogens with zero attached hydrogens (tertiary/aromatic N) is 1. The Bertz CT molecular complexity index is 743. The van der Waals surface area contributed by atoms with Crippen molar-refractivity contribution in [1.29, 1.82) is 0 Å². The predicted octanol–water partition coefficient (Wildman–Crippen LogP) is -2.92. The van der Waals surface area contributed by atoms with Crippen LogP contribution in [0.5, 0.6) is 0 Å². The van der Waals surface area contributed by atoms with Gasteiger partial charge in [0.15, 0.2) is 0 Å². The number of carbonyl (C=O) groups excluding carboxylic acids is 3. The molecule has 0 aromatic rings. The number of nitrogens with one attached hydrogen (secondary N) is 2. The van der Waals surface area contributed by atoms with E-state index < -0.39 is 79.2 Å². The van der Waals surface area contributed by atoms with Crippen LogP contribution < -0.4 is 16.4 Å². The fourth-order valence-electron chi connectivity index (χ4n) is 3.18. The number of aliphatic hydroxyl groups excluding tert-OH is 1. The summed E-state index contributed by atoms with van der Waals surface area (Å²) >= 11 is 0. The minimum atomic E-state index is -1.47. The van der Waals surface area contributed by atoms with Gasteiger partial charge in [0.1, 0.15) is 24.2 Å². The lowest BCUT2D eigenvalue weighted by atomic mass is 10.1. The number of aliphatic hydroxyl groups is 1. The Balaban J connectivity index is 2.94. The molecule has 0 aromatic heterocycles. The van der Waals surface area contributed by atoms with Crippen molar-refractivity contribution < 1.29 is 49.2 Å². The molecule has 32 heavy (non-hydrogen) atoms. The average molecular weight is 460 g/mol. The summed E-state index contributed by atoms with van der Waals surface area (Å²) in [4.78, 5) is 71.7. The Morgan fingerprint density at radius 3 is 2.00 bits per heavy atom. The molecule has 1 aliphatic rings. The first-order valence-corrected chi connectivity index (χ1v) is 9.92. The summed E-state index contributed by atoms with van der Waals surface area (Å²) in [5.74, 6) is -6.32. The summed E-state index contributed by atoms with van der Waals surface area (Å²) in [6.45, 7) is -0.595. The monoisotopic (exact) mass is 460 g/mol. The van der Waals surface area contributed by atoms with Crippen LogP contribution in [0.1, 0.15) is 38.5 Å². The van der Waals surface area contributed by atoms with Crippen molar-refractivity contribution in [2.45, 2.75) is 62.7 Å². The lowest BCUT2D eigenvalue weighted by Crippen LogP contribution is -2.57. The molecule has 8 N–H and O–H groups in total. The number of hydrogen-bond acceptors (Lipinski definition) is 8. The Kier molecular flexibility index (Phi) is 10.5. The second kappa shape index (κ2) is 12.6. The standard InChI is InChI=1S/C18H28N4O10/c19-9(8-23)15(28)20-10(3-5-13(24)25)17(30)22-7-1-2-12(22)16(29)21-11(18(31)32)4-6-14(26)27/h9-12,23H,1-8,19H2,(H,20,28)(H,21,29)(H,24,25)(H,26,27)(H,31,32). The van der Waals surface area contributed by atoms with Gasteiger partial charge in [-0.25, -0.2) is 4.79 Å². The zero-order valence-corrected chi connectivity index (χ0v) is 17.2. The highest BCUT2D eigenvalue weighted by molar-refractivity contribution is 5.94. The largest absolute Gasteiger partial charge is 0.481 e. The molecule has 4 unspecified atom stereocenters. The number of amides is 3. The fraction of sp³-hybridized carbons (Fsp3) is 0.667. The number of likely N-dealkylation sites (tertiary alicyclic amines) is 1. The smallest absolute Gasteiger partial charge is 0.326 e. The van der Waals surface area contributed by atoms with Crippen LogP contribution in [0.25, 0.3) is 0 Å². The molecule has 0 saturated carbocycles. The SMILES string of the molecule is NC(CO)C(=O)NC(CCC(=O)O)C(=O)N1CCCC1C(=O)NC(CCC(=O)O)C(=O)O. The summed E-state index contributed by atoms with van der Waals surface area (Å²) in [5.41, 5.74) is 5.42. The van der Waals surface area contributed by atoms with Gasteiger partial charge in [-0.2, -0.15) is 0 Å². The number of hydrogen-bond donors (Lipinski definition) is 7. The molecular weight excluding hydrogens is 432 g/mol. The molecule has 0 aromatic carbocycles. The lowest BCUT2D eigenvalue weighted by molar-refractivity contribution is -0.145. The van der Waals surface area contributed by atoms with Gasteiger partial charge in [-0.05, 0) is 25.7 Å². The molecule has 1 fully saturated rings. The van der Waals surface area contributed by atoms with Gasteiger partial charge in [0.05, 0.1) is 6.61 Å². The van der Waals surface area contributed by atoms with E-state index in [2.05, 4.69) is 10.6 Å². The third-order valence-electron chi connectivity index (χ3n) is 4.89. The van der Waals surface area contributed by atoms with Gasteiger partial charge in [-0.3, -0.25) is 24.0 Å². The van der Waals surface area contributed by atoms with E-state index in [-0.39, 0.29) is 25.8 Å². The molecule has 14 nitrogen and oxygen atoms in total. The molecular formula is C18H28N4O10. The topological polar surface area (TPSA) is 237 Å². The Labute approximate surface area is 182 Å². The molecule has 1 heterocycles. The third-order valence-corrected chi connectivity index (χ3v) is 4.89. The normalized spacial score (nSPS) is 18.3. The lowest BCUT2D eigenvalue weighted by Gasteiger charge is -2.29. The molecule has 3 amide bonds. The van der Waals surface area contributed by atoms with E-state index >= 15 is 0 Å². The van der Waals surface area contributed by atoms with Crippen molar-refractivity contribution in [3.05, 3.63) is 0 Å².